The lowest BCUT2D eigenvalue weighted by molar-refractivity contribution is -0.126. The summed E-state index contributed by atoms with van der Waals surface area (Å²) >= 11 is 0. The Balaban J connectivity index is 1.59. The molecule has 2 aliphatic heterocycles. The third kappa shape index (κ3) is 2.34. The first-order valence-corrected chi connectivity index (χ1v) is 7.87. The number of carbonyl (C=O) groups is 2. The van der Waals surface area contributed by atoms with E-state index in [0.717, 1.165) is 12.8 Å². The van der Waals surface area contributed by atoms with Gasteiger partial charge in [-0.2, -0.15) is 0 Å². The van der Waals surface area contributed by atoms with Crippen LogP contribution in [0.4, 0.5) is 0 Å². The van der Waals surface area contributed by atoms with Crippen molar-refractivity contribution in [1.29, 1.82) is 0 Å². The molecule has 1 aliphatic carbocycles. The van der Waals surface area contributed by atoms with Gasteiger partial charge in [-0.15, -0.1) is 0 Å². The summed E-state index contributed by atoms with van der Waals surface area (Å²) in [5, 5.41) is 12.9. The maximum atomic E-state index is 12.7. The molecule has 4 rings (SSSR count). The largest absolute Gasteiger partial charge is 0.502 e. The summed E-state index contributed by atoms with van der Waals surface area (Å²) in [7, 11) is 0. The molecule has 1 saturated carbocycles. The fourth-order valence-electron chi connectivity index (χ4n) is 3.23. The fourth-order valence-corrected chi connectivity index (χ4v) is 3.23. The van der Waals surface area contributed by atoms with Gasteiger partial charge in [0.05, 0.1) is 5.92 Å². The van der Waals surface area contributed by atoms with Gasteiger partial charge in [0.25, 0.3) is 5.91 Å². The van der Waals surface area contributed by atoms with Gasteiger partial charge in [-0.05, 0) is 25.7 Å². The summed E-state index contributed by atoms with van der Waals surface area (Å²) in [5.74, 6) is -1.25. The van der Waals surface area contributed by atoms with Crippen molar-refractivity contribution in [2.24, 2.45) is 5.92 Å². The smallest absolute Gasteiger partial charge is 0.278 e. The van der Waals surface area contributed by atoms with Gasteiger partial charge >= 0.3 is 0 Å². The lowest BCUT2D eigenvalue weighted by atomic mass is 9.94. The summed E-state index contributed by atoms with van der Waals surface area (Å²) in [5.41, 5.74) is 2.44. The molecule has 0 radical (unpaired) electrons. The van der Waals surface area contributed by atoms with Crippen LogP contribution >= 0.6 is 0 Å². The van der Waals surface area contributed by atoms with E-state index in [1.54, 1.807) is 0 Å². The molecule has 8 heteroatoms. The van der Waals surface area contributed by atoms with E-state index in [2.05, 4.69) is 10.7 Å². The van der Waals surface area contributed by atoms with Crippen molar-refractivity contribution in [2.45, 2.75) is 37.9 Å². The van der Waals surface area contributed by atoms with E-state index in [1.165, 1.54) is 21.8 Å². The SMILES string of the molecule is O=C(NC1CC1)C1CC[C@H]2Nn3ccc(=O)c(O)c3C(=O)N2C1. The molecule has 122 valence electrons. The molecular weight excluding hydrogens is 300 g/mol. The number of piperidine rings is 1. The fraction of sp³-hybridized carbons (Fsp3) is 0.533. The Labute approximate surface area is 132 Å². The van der Waals surface area contributed by atoms with E-state index in [1.807, 2.05) is 0 Å². The van der Waals surface area contributed by atoms with Crippen LogP contribution in [0, 0.1) is 5.92 Å². The number of aromatic hydroxyl groups is 1. The Morgan fingerprint density at radius 3 is 2.78 bits per heavy atom. The molecule has 3 aliphatic rings. The van der Waals surface area contributed by atoms with Gasteiger partial charge in [0, 0.05) is 24.8 Å². The van der Waals surface area contributed by atoms with Gasteiger partial charge in [0.15, 0.2) is 11.4 Å². The molecule has 0 spiro atoms. The average Bonchev–Trinajstić information content (AvgIpc) is 3.34. The van der Waals surface area contributed by atoms with E-state index in [0.29, 0.717) is 18.9 Å². The van der Waals surface area contributed by atoms with Crippen LogP contribution in [-0.2, 0) is 4.79 Å². The van der Waals surface area contributed by atoms with Crippen molar-refractivity contribution in [3.63, 3.8) is 0 Å². The van der Waals surface area contributed by atoms with E-state index in [-0.39, 0.29) is 30.2 Å². The van der Waals surface area contributed by atoms with Crippen LogP contribution in [-0.4, -0.2) is 45.2 Å². The van der Waals surface area contributed by atoms with Gasteiger partial charge in [-0.1, -0.05) is 0 Å². The highest BCUT2D eigenvalue weighted by Gasteiger charge is 2.41. The topological polar surface area (TPSA) is 104 Å². The second kappa shape index (κ2) is 5.00. The third-order valence-electron chi connectivity index (χ3n) is 4.70. The molecule has 0 aromatic carbocycles. The number of rotatable bonds is 2. The molecule has 2 fully saturated rings. The minimum Gasteiger partial charge on any atom is -0.502 e. The molecule has 1 aromatic rings. The maximum Gasteiger partial charge on any atom is 0.278 e. The minimum absolute atomic E-state index is 0.0148. The van der Waals surface area contributed by atoms with Crippen molar-refractivity contribution >= 4 is 11.8 Å². The monoisotopic (exact) mass is 318 g/mol. The summed E-state index contributed by atoms with van der Waals surface area (Å²) < 4.78 is 1.39. The van der Waals surface area contributed by atoms with Crippen LogP contribution in [0.1, 0.15) is 36.2 Å². The first-order chi connectivity index (χ1) is 11.0. The van der Waals surface area contributed by atoms with E-state index >= 15 is 0 Å². The quantitative estimate of drug-likeness (QED) is 0.686. The van der Waals surface area contributed by atoms with E-state index in [4.69, 9.17) is 0 Å². The predicted molar refractivity (Wildman–Crippen MR) is 80.4 cm³/mol. The molecule has 3 heterocycles. The first-order valence-electron chi connectivity index (χ1n) is 7.87. The van der Waals surface area contributed by atoms with Crippen LogP contribution in [0.2, 0.25) is 0 Å². The number of hydrogen-bond donors (Lipinski definition) is 3. The molecular formula is C15H18N4O4. The standard InChI is InChI=1S/C15H18N4O4/c20-10-5-6-19-12(13(10)21)15(23)18-7-8(1-4-11(18)17-19)14(22)16-9-2-3-9/h5-6,8-9,11,17,21H,1-4,7H2,(H,16,22)/t8?,11-/m0/s1. The van der Waals surface area contributed by atoms with Crippen molar-refractivity contribution in [2.75, 3.05) is 12.0 Å². The maximum absolute atomic E-state index is 12.7. The normalized spacial score (nSPS) is 26.1. The number of carbonyl (C=O) groups excluding carboxylic acids is 2. The second-order valence-corrected chi connectivity index (χ2v) is 6.41. The molecule has 1 aromatic heterocycles. The van der Waals surface area contributed by atoms with Gasteiger partial charge in [0.1, 0.15) is 6.17 Å². The minimum atomic E-state index is -0.593. The number of pyridine rings is 1. The van der Waals surface area contributed by atoms with Crippen LogP contribution in [0.5, 0.6) is 5.75 Å². The molecule has 2 amide bonds. The Morgan fingerprint density at radius 1 is 1.26 bits per heavy atom. The Kier molecular flexibility index (Phi) is 3.07. The Hall–Kier alpha value is -2.51. The van der Waals surface area contributed by atoms with Crippen molar-refractivity contribution in [1.82, 2.24) is 14.9 Å². The highest BCUT2D eigenvalue weighted by molar-refractivity contribution is 5.96. The Morgan fingerprint density at radius 2 is 2.04 bits per heavy atom. The van der Waals surface area contributed by atoms with Crippen molar-refractivity contribution < 1.29 is 14.7 Å². The zero-order valence-electron chi connectivity index (χ0n) is 12.5. The van der Waals surface area contributed by atoms with Gasteiger partial charge < -0.3 is 20.7 Å². The lowest BCUT2D eigenvalue weighted by Gasteiger charge is -2.43. The molecule has 0 bridgehead atoms. The molecule has 23 heavy (non-hydrogen) atoms. The number of nitrogens with zero attached hydrogens (tertiary/aromatic N) is 2. The molecule has 1 saturated heterocycles. The second-order valence-electron chi connectivity index (χ2n) is 6.41. The first kappa shape index (κ1) is 14.1. The van der Waals surface area contributed by atoms with Crippen LogP contribution in [0.3, 0.4) is 0 Å². The zero-order valence-corrected chi connectivity index (χ0v) is 12.5. The number of nitrogens with one attached hydrogen (secondary N) is 2. The van der Waals surface area contributed by atoms with Gasteiger partial charge in [-0.3, -0.25) is 19.1 Å². The third-order valence-corrected chi connectivity index (χ3v) is 4.70. The van der Waals surface area contributed by atoms with E-state index < -0.39 is 17.1 Å². The van der Waals surface area contributed by atoms with Crippen molar-refractivity contribution in [3.05, 3.63) is 28.2 Å². The molecule has 2 atom stereocenters. The highest BCUT2D eigenvalue weighted by Crippen LogP contribution is 2.29. The molecule has 8 nitrogen and oxygen atoms in total. The summed E-state index contributed by atoms with van der Waals surface area (Å²) in [6.45, 7) is 0.289. The van der Waals surface area contributed by atoms with Crippen LogP contribution < -0.4 is 16.2 Å². The number of fused-ring (bicyclic) bond motifs is 2. The van der Waals surface area contributed by atoms with Crippen LogP contribution in [0.25, 0.3) is 0 Å². The Bertz CT molecular complexity index is 739. The lowest BCUT2D eigenvalue weighted by Crippen LogP contribution is -2.59. The van der Waals surface area contributed by atoms with Gasteiger partial charge in [-0.25, -0.2) is 0 Å². The molecule has 1 unspecified atom stereocenters. The summed E-state index contributed by atoms with van der Waals surface area (Å²) in [6.07, 6.45) is 4.59. The van der Waals surface area contributed by atoms with E-state index in [9.17, 15) is 19.5 Å². The predicted octanol–water partition coefficient (Wildman–Crippen LogP) is -0.432. The highest BCUT2D eigenvalue weighted by atomic mass is 16.3. The van der Waals surface area contributed by atoms with Crippen molar-refractivity contribution in [3.8, 4) is 5.75 Å². The number of hydrogen-bond acceptors (Lipinski definition) is 5. The summed E-state index contributed by atoms with van der Waals surface area (Å²) in [6, 6.07) is 1.50. The number of aromatic nitrogens is 1. The van der Waals surface area contributed by atoms with Gasteiger partial charge in [0.2, 0.25) is 11.3 Å². The molecule has 3 N–H and O–H groups in total. The summed E-state index contributed by atoms with van der Waals surface area (Å²) in [4.78, 5) is 38.0. The van der Waals surface area contributed by atoms with Crippen LogP contribution in [0.15, 0.2) is 17.1 Å². The number of amides is 2. The average molecular weight is 318 g/mol. The zero-order chi connectivity index (χ0) is 16.1.